The summed E-state index contributed by atoms with van der Waals surface area (Å²) < 4.78 is 0. The Kier molecular flexibility index (Phi) is 11.3. The van der Waals surface area contributed by atoms with Gasteiger partial charge in [0.05, 0.1) is 4.88 Å². The molecule has 2 aromatic heterocycles. The molecule has 264 valence electrons. The zero-order valence-electron chi connectivity index (χ0n) is 30.2. The Hall–Kier alpha value is -4.37. The van der Waals surface area contributed by atoms with E-state index in [1.54, 1.807) is 6.07 Å². The molecule has 1 aliphatic carbocycles. The number of rotatable bonds is 10. The van der Waals surface area contributed by atoms with Crippen molar-refractivity contribution in [3.63, 3.8) is 0 Å². The second-order valence-corrected chi connectivity index (χ2v) is 16.8. The molecule has 0 spiro atoms. The van der Waals surface area contributed by atoms with E-state index >= 15 is 0 Å². The molecule has 0 aliphatic heterocycles. The average Bonchev–Trinajstić information content (AvgIpc) is 3.60. The Morgan fingerprint density at radius 2 is 1.40 bits per heavy atom. The molecule has 2 aromatic carbocycles. The molecule has 2 atom stereocenters. The minimum Gasteiger partial charge on any atom is -0.480 e. The van der Waals surface area contributed by atoms with Crippen LogP contribution in [0.1, 0.15) is 106 Å². The minimum atomic E-state index is -1.15. The molecule has 2 amide bonds. The van der Waals surface area contributed by atoms with Gasteiger partial charge >= 0.3 is 5.97 Å². The molecule has 1 saturated carbocycles. The van der Waals surface area contributed by atoms with Crippen LogP contribution in [0.15, 0.2) is 73.1 Å². The van der Waals surface area contributed by atoms with Gasteiger partial charge in [0, 0.05) is 34.8 Å². The number of hydrogen-bond acceptors (Lipinski definition) is 6. The molecule has 1 aliphatic rings. The molecule has 5 rings (SSSR count). The van der Waals surface area contributed by atoms with Gasteiger partial charge in [-0.1, -0.05) is 90.1 Å². The maximum absolute atomic E-state index is 13.2. The van der Waals surface area contributed by atoms with Gasteiger partial charge in [0.2, 0.25) is 5.91 Å². The Bertz CT molecular complexity index is 1780. The van der Waals surface area contributed by atoms with Crippen LogP contribution in [0.25, 0.3) is 22.5 Å². The Morgan fingerprint density at radius 3 is 1.94 bits per heavy atom. The molecular weight excluding hydrogens is 645 g/mol. The minimum absolute atomic E-state index is 0.112. The number of nitrogens with zero attached hydrogens (tertiary/aromatic N) is 2. The van der Waals surface area contributed by atoms with Crippen molar-refractivity contribution in [2.75, 3.05) is 0 Å². The number of amides is 2. The van der Waals surface area contributed by atoms with E-state index in [4.69, 9.17) is 0 Å². The summed E-state index contributed by atoms with van der Waals surface area (Å²) in [6.45, 7) is 14.7. The lowest BCUT2D eigenvalue weighted by Gasteiger charge is -2.37. The monoisotopic (exact) mass is 694 g/mol. The van der Waals surface area contributed by atoms with Crippen LogP contribution >= 0.6 is 11.3 Å². The Labute approximate surface area is 300 Å². The van der Waals surface area contributed by atoms with E-state index in [0.717, 1.165) is 33.0 Å². The number of aromatic nitrogens is 2. The highest BCUT2D eigenvalue weighted by Crippen LogP contribution is 2.43. The van der Waals surface area contributed by atoms with Gasteiger partial charge in [-0.05, 0) is 84.1 Å². The Morgan fingerprint density at radius 1 is 0.800 bits per heavy atom. The van der Waals surface area contributed by atoms with Crippen molar-refractivity contribution < 1.29 is 19.5 Å². The van der Waals surface area contributed by atoms with Gasteiger partial charge in [-0.15, -0.1) is 11.3 Å². The molecule has 1 fully saturated rings. The third kappa shape index (κ3) is 9.24. The van der Waals surface area contributed by atoms with Gasteiger partial charge in [0.25, 0.3) is 5.91 Å². The highest BCUT2D eigenvalue weighted by Gasteiger charge is 2.30. The number of carbonyl (C=O) groups is 3. The van der Waals surface area contributed by atoms with Gasteiger partial charge in [-0.3, -0.25) is 14.4 Å². The molecule has 0 radical (unpaired) electrons. The summed E-state index contributed by atoms with van der Waals surface area (Å²) in [5.74, 6) is -0.0905. The number of benzene rings is 2. The smallest absolute Gasteiger partial charge is 0.325 e. The van der Waals surface area contributed by atoms with Crippen molar-refractivity contribution in [2.24, 2.45) is 11.3 Å². The first-order valence-electron chi connectivity index (χ1n) is 17.5. The lowest BCUT2D eigenvalue weighted by atomic mass is 9.68. The molecule has 3 N–H and O–H groups in total. The van der Waals surface area contributed by atoms with Crippen molar-refractivity contribution in [1.82, 2.24) is 20.6 Å². The number of aliphatic carboxylic acids is 1. The molecule has 4 aromatic rings. The fourth-order valence-electron chi connectivity index (χ4n) is 6.57. The van der Waals surface area contributed by atoms with Crippen LogP contribution in [-0.4, -0.2) is 44.9 Å². The van der Waals surface area contributed by atoms with E-state index in [-0.39, 0.29) is 17.7 Å². The summed E-state index contributed by atoms with van der Waals surface area (Å²) in [6, 6.07) is 18.0. The summed E-state index contributed by atoms with van der Waals surface area (Å²) >= 11 is 1.38. The normalized spacial score (nSPS) is 17.8. The lowest BCUT2D eigenvalue weighted by molar-refractivity contribution is -0.141. The van der Waals surface area contributed by atoms with Crippen LogP contribution in [0, 0.1) is 11.3 Å². The predicted molar refractivity (Wildman–Crippen MR) is 200 cm³/mol. The lowest BCUT2D eigenvalue weighted by Crippen LogP contribution is -2.51. The molecule has 0 saturated heterocycles. The molecule has 2 heterocycles. The van der Waals surface area contributed by atoms with E-state index in [2.05, 4.69) is 86.4 Å². The summed E-state index contributed by atoms with van der Waals surface area (Å²) in [7, 11) is 0. The van der Waals surface area contributed by atoms with Crippen molar-refractivity contribution in [3.05, 3.63) is 93.9 Å². The molecule has 0 unspecified atom stereocenters. The van der Waals surface area contributed by atoms with Crippen molar-refractivity contribution >= 4 is 29.1 Å². The van der Waals surface area contributed by atoms with Crippen LogP contribution in [0.4, 0.5) is 0 Å². The molecule has 9 heteroatoms. The molecule has 50 heavy (non-hydrogen) atoms. The molecule has 8 nitrogen and oxygen atoms in total. The predicted octanol–water partition coefficient (Wildman–Crippen LogP) is 8.42. The number of thiophene rings is 1. The van der Waals surface area contributed by atoms with Crippen LogP contribution in [-0.2, 0) is 21.4 Å². The first kappa shape index (κ1) is 36.9. The summed E-state index contributed by atoms with van der Waals surface area (Å²) in [5.41, 5.74) is 5.33. The first-order chi connectivity index (χ1) is 23.6. The Balaban J connectivity index is 1.24. The largest absolute Gasteiger partial charge is 0.480 e. The van der Waals surface area contributed by atoms with Crippen LogP contribution in [0.3, 0.4) is 0 Å². The second kappa shape index (κ2) is 15.3. The summed E-state index contributed by atoms with van der Waals surface area (Å²) in [4.78, 5) is 48.6. The highest BCUT2D eigenvalue weighted by atomic mass is 32.1. The fourth-order valence-corrected chi connectivity index (χ4v) is 7.54. The quantitative estimate of drug-likeness (QED) is 0.153. The molecule has 0 bridgehead atoms. The van der Waals surface area contributed by atoms with Gasteiger partial charge in [-0.25, -0.2) is 9.97 Å². The number of nitrogens with one attached hydrogen (secondary N) is 2. The second-order valence-electron chi connectivity index (χ2n) is 15.7. The van der Waals surface area contributed by atoms with Crippen molar-refractivity contribution in [1.29, 1.82) is 0 Å². The number of carboxylic acids is 1. The van der Waals surface area contributed by atoms with E-state index in [1.807, 2.05) is 42.7 Å². The fraction of sp³-hybridized carbons (Fsp3) is 0.439. The first-order valence-corrected chi connectivity index (χ1v) is 18.4. The van der Waals surface area contributed by atoms with E-state index in [9.17, 15) is 19.5 Å². The number of carboxylic acid groups (broad SMARTS) is 1. The highest BCUT2D eigenvalue weighted by molar-refractivity contribution is 7.14. The van der Waals surface area contributed by atoms with Crippen molar-refractivity contribution in [2.45, 2.75) is 104 Å². The number of carbonyl (C=O) groups excluding carboxylic acids is 2. The van der Waals surface area contributed by atoms with Gasteiger partial charge in [0.15, 0.2) is 5.82 Å². The summed E-state index contributed by atoms with van der Waals surface area (Å²) in [6.07, 6.45) is 8.94. The zero-order valence-corrected chi connectivity index (χ0v) is 31.1. The van der Waals surface area contributed by atoms with Gasteiger partial charge < -0.3 is 15.7 Å². The topological polar surface area (TPSA) is 121 Å². The van der Waals surface area contributed by atoms with Crippen LogP contribution in [0.5, 0.6) is 0 Å². The van der Waals surface area contributed by atoms with Crippen LogP contribution < -0.4 is 10.6 Å². The standard InChI is InChI=1S/C41H50N4O4S/c1-25(39(48)49)44-37(46)33(45-38(47)34-20-21-35(50-34)41(5,6)7)22-26-8-10-30(11-9-26)36-42-23-31(24-43-36)29-14-12-27(13-15-29)28-16-18-32(19-17-28)40(2,3)4/h8-15,20-21,23-25,28,32-33H,16-19,22H2,1-7H3,(H,44,46)(H,45,47)(H,48,49)/t25-,28?,32?,33+/m1/s1. The SMILES string of the molecule is C[C@@H](NC(=O)[C@H](Cc1ccc(-c2ncc(-c3ccc(C4CCC(C(C)(C)C)CC4)cc3)cn2)cc1)NC(=O)c1ccc(C(C)(C)C)s1)C(=O)O. The van der Waals surface area contributed by atoms with E-state index in [0.29, 0.717) is 22.0 Å². The van der Waals surface area contributed by atoms with Crippen LogP contribution in [0.2, 0.25) is 0 Å². The molecular formula is C41H50N4O4S. The third-order valence-corrected chi connectivity index (χ3v) is 11.4. The maximum atomic E-state index is 13.2. The zero-order chi connectivity index (χ0) is 36.2. The number of hydrogen-bond donors (Lipinski definition) is 3. The van der Waals surface area contributed by atoms with E-state index < -0.39 is 24.0 Å². The van der Waals surface area contributed by atoms with Crippen molar-refractivity contribution in [3.8, 4) is 22.5 Å². The van der Waals surface area contributed by atoms with Gasteiger partial charge in [-0.2, -0.15) is 0 Å². The third-order valence-electron chi connectivity index (χ3n) is 9.89. The van der Waals surface area contributed by atoms with E-state index in [1.165, 1.54) is 49.5 Å². The maximum Gasteiger partial charge on any atom is 0.325 e. The van der Waals surface area contributed by atoms with Gasteiger partial charge in [0.1, 0.15) is 12.1 Å². The summed E-state index contributed by atoms with van der Waals surface area (Å²) in [5, 5.41) is 14.7. The average molecular weight is 695 g/mol.